The topological polar surface area (TPSA) is 89.5 Å². The van der Waals surface area contributed by atoms with Crippen LogP contribution in [0.2, 0.25) is 0 Å². The summed E-state index contributed by atoms with van der Waals surface area (Å²) in [7, 11) is -10.7. The molecule has 0 amide bonds. The van der Waals surface area contributed by atoms with Gasteiger partial charge in [-0.05, 0) is 51.9 Å². The third-order valence-corrected chi connectivity index (χ3v) is 13.4. The molecule has 17 heteroatoms. The maximum absolute atomic E-state index is 14.8. The Morgan fingerprint density at radius 3 is 1.29 bits per heavy atom. The van der Waals surface area contributed by atoms with Crippen molar-refractivity contribution in [1.82, 2.24) is 0 Å². The van der Waals surface area contributed by atoms with Crippen LogP contribution in [0.4, 0.5) is 26.3 Å². The minimum atomic E-state index is -5.21. The first-order valence-corrected chi connectivity index (χ1v) is 20.3. The van der Waals surface area contributed by atoms with Crippen LogP contribution in [0.3, 0.4) is 0 Å². The Morgan fingerprint density at radius 1 is 0.564 bits per heavy atom. The summed E-state index contributed by atoms with van der Waals surface area (Å²) in [6, 6.07) is 17.8. The first-order valence-electron chi connectivity index (χ1n) is 17.2. The number of rotatable bonds is 3. The molecule has 3 aliphatic heterocycles. The number of hydrogen-bond acceptors (Lipinski definition) is 8. The van der Waals surface area contributed by atoms with Gasteiger partial charge in [0, 0.05) is 27.4 Å². The largest absolute Gasteiger partial charge is 0.632 e. The van der Waals surface area contributed by atoms with E-state index in [-0.39, 0.29) is 65.7 Å². The third kappa shape index (κ3) is 6.87. The molecule has 55 heavy (non-hydrogen) atoms. The molecule has 0 radical (unpaired) electrons. The van der Waals surface area contributed by atoms with Crippen LogP contribution in [0.15, 0.2) is 78.9 Å². The van der Waals surface area contributed by atoms with Gasteiger partial charge in [-0.1, -0.05) is 76.2 Å². The highest BCUT2D eigenvalue weighted by molar-refractivity contribution is 7.63. The van der Waals surface area contributed by atoms with Crippen LogP contribution >= 0.6 is 15.2 Å². The Morgan fingerprint density at radius 2 is 0.927 bits per heavy atom. The molecule has 0 saturated carbocycles. The fourth-order valence-corrected chi connectivity index (χ4v) is 10.9. The molecule has 0 aromatic heterocycles. The zero-order chi connectivity index (χ0) is 39.3. The Hall–Kier alpha value is -3.84. The van der Waals surface area contributed by atoms with Crippen LogP contribution in [0, 0.1) is 10.8 Å². The Balaban J connectivity index is 1.50. The SMILES string of the molecule is CC1(C)COP(=O)(c2cc3ccccc3c3c2OB(c2cc(C(F)(F)F)cc(C(F)(F)F)c2)Oc2c(P4(=O)OCC(C)(C)CO4)cc4ccccc4c2-3)OC1. The molecule has 5 aromatic rings. The normalized spacial score (nSPS) is 20.2. The predicted molar refractivity (Wildman–Crippen MR) is 196 cm³/mol. The van der Waals surface area contributed by atoms with E-state index in [4.69, 9.17) is 27.4 Å². The molecule has 0 unspecified atom stereocenters. The Bertz CT molecular complexity index is 2290. The second-order valence-corrected chi connectivity index (χ2v) is 19.5. The van der Waals surface area contributed by atoms with E-state index in [0.29, 0.717) is 33.7 Å². The average Bonchev–Trinajstić information content (AvgIpc) is 3.31. The summed E-state index contributed by atoms with van der Waals surface area (Å²) in [6.07, 6.45) is -10.4. The summed E-state index contributed by atoms with van der Waals surface area (Å²) >= 11 is 0. The van der Waals surface area contributed by atoms with Crippen LogP contribution in [-0.2, 0) is 39.6 Å². The number of alkyl halides is 6. The zero-order valence-corrected chi connectivity index (χ0v) is 31.6. The molecule has 8 nitrogen and oxygen atoms in total. The van der Waals surface area contributed by atoms with Crippen molar-refractivity contribution in [2.45, 2.75) is 40.0 Å². The van der Waals surface area contributed by atoms with Crippen molar-refractivity contribution in [1.29, 1.82) is 0 Å². The van der Waals surface area contributed by atoms with Crippen LogP contribution < -0.4 is 25.4 Å². The van der Waals surface area contributed by atoms with Crippen molar-refractivity contribution in [3.63, 3.8) is 0 Å². The second kappa shape index (κ2) is 12.8. The van der Waals surface area contributed by atoms with Gasteiger partial charge in [0.05, 0.1) is 37.6 Å². The van der Waals surface area contributed by atoms with Crippen LogP contribution in [0.1, 0.15) is 38.8 Å². The highest BCUT2D eigenvalue weighted by Crippen LogP contribution is 2.60. The molecule has 0 spiro atoms. The molecular formula is C38H33BF6O8P2. The first kappa shape index (κ1) is 38.1. The minimum absolute atomic E-state index is 0.00673. The van der Waals surface area contributed by atoms with Gasteiger partial charge in [0.25, 0.3) is 0 Å². The Kier molecular flexibility index (Phi) is 8.89. The third-order valence-electron chi connectivity index (χ3n) is 9.64. The van der Waals surface area contributed by atoms with Crippen molar-refractivity contribution >= 4 is 59.9 Å². The minimum Gasteiger partial charge on any atom is -0.521 e. The summed E-state index contributed by atoms with van der Waals surface area (Å²) in [4.78, 5) is 0. The molecule has 288 valence electrons. The van der Waals surface area contributed by atoms with Crippen molar-refractivity contribution < 1.29 is 62.9 Å². The lowest BCUT2D eigenvalue weighted by Gasteiger charge is -2.35. The summed E-state index contributed by atoms with van der Waals surface area (Å²) < 4.78 is 152. The summed E-state index contributed by atoms with van der Waals surface area (Å²) in [5.74, 6) is -0.465. The van der Waals surface area contributed by atoms with E-state index >= 15 is 0 Å². The summed E-state index contributed by atoms with van der Waals surface area (Å²) in [6.45, 7) is 7.33. The number of hydrogen-bond donors (Lipinski definition) is 0. The molecule has 2 fully saturated rings. The summed E-state index contributed by atoms with van der Waals surface area (Å²) in [5.41, 5.74) is -4.61. The molecule has 5 aromatic carbocycles. The van der Waals surface area contributed by atoms with E-state index in [1.54, 1.807) is 48.5 Å². The lowest BCUT2D eigenvalue weighted by atomic mass is 9.76. The van der Waals surface area contributed by atoms with Crippen molar-refractivity contribution in [3.8, 4) is 22.6 Å². The van der Waals surface area contributed by atoms with Gasteiger partial charge >= 0.3 is 34.7 Å². The van der Waals surface area contributed by atoms with E-state index in [1.165, 1.54) is 12.1 Å². The van der Waals surface area contributed by atoms with E-state index in [2.05, 4.69) is 0 Å². The lowest BCUT2D eigenvalue weighted by Crippen LogP contribution is -2.45. The van der Waals surface area contributed by atoms with Gasteiger partial charge in [-0.15, -0.1) is 0 Å². The van der Waals surface area contributed by atoms with E-state index in [9.17, 15) is 35.5 Å². The molecule has 0 N–H and O–H groups in total. The monoisotopic (exact) mass is 804 g/mol. The van der Waals surface area contributed by atoms with Gasteiger partial charge in [-0.2, -0.15) is 26.3 Å². The zero-order valence-electron chi connectivity index (χ0n) is 29.8. The second-order valence-electron chi connectivity index (χ2n) is 15.5. The van der Waals surface area contributed by atoms with Crippen LogP contribution in [0.25, 0.3) is 32.7 Å². The lowest BCUT2D eigenvalue weighted by molar-refractivity contribution is -0.143. The van der Waals surface area contributed by atoms with Gasteiger partial charge < -0.3 is 27.4 Å². The quantitative estimate of drug-likeness (QED) is 0.101. The number of benzene rings is 5. The van der Waals surface area contributed by atoms with Crippen molar-refractivity contribution in [3.05, 3.63) is 90.0 Å². The van der Waals surface area contributed by atoms with Crippen molar-refractivity contribution in [2.75, 3.05) is 26.4 Å². The first-order chi connectivity index (χ1) is 25.7. The fraction of sp³-hybridized carbons (Fsp3) is 0.316. The molecule has 3 heterocycles. The van der Waals surface area contributed by atoms with Crippen LogP contribution in [0.5, 0.6) is 11.5 Å². The maximum Gasteiger partial charge on any atom is 0.632 e. The molecule has 2 saturated heterocycles. The van der Waals surface area contributed by atoms with E-state index in [1.807, 2.05) is 27.7 Å². The fourth-order valence-electron chi connectivity index (χ4n) is 6.73. The molecule has 0 bridgehead atoms. The average molecular weight is 804 g/mol. The Labute approximate surface area is 312 Å². The number of halogens is 6. The van der Waals surface area contributed by atoms with Gasteiger partial charge in [0.15, 0.2) is 0 Å². The molecule has 8 rings (SSSR count). The van der Waals surface area contributed by atoms with Gasteiger partial charge in [0.2, 0.25) is 0 Å². The number of fused-ring (bicyclic) bond motifs is 7. The van der Waals surface area contributed by atoms with Gasteiger partial charge in [0.1, 0.15) is 22.1 Å². The van der Waals surface area contributed by atoms with Gasteiger partial charge in [-0.25, -0.2) is 0 Å². The summed E-state index contributed by atoms with van der Waals surface area (Å²) in [5, 5.41) is 1.72. The predicted octanol–water partition coefficient (Wildman–Crippen LogP) is 9.65. The van der Waals surface area contributed by atoms with E-state index in [0.717, 1.165) is 0 Å². The molecule has 3 aliphatic rings. The molecule has 0 atom stereocenters. The highest BCUT2D eigenvalue weighted by atomic mass is 31.2. The molecular weight excluding hydrogens is 771 g/mol. The highest BCUT2D eigenvalue weighted by Gasteiger charge is 2.48. The smallest absolute Gasteiger partial charge is 0.521 e. The van der Waals surface area contributed by atoms with Gasteiger partial charge in [-0.3, -0.25) is 9.13 Å². The maximum atomic E-state index is 14.8. The van der Waals surface area contributed by atoms with Crippen molar-refractivity contribution in [2.24, 2.45) is 10.8 Å². The van der Waals surface area contributed by atoms with E-state index < -0.39 is 62.1 Å². The molecule has 0 aliphatic carbocycles. The standard InChI is InChI=1S/C38H33BF6O8P2/c1-35(2)18-48-54(46,49-19-35)29-13-22-9-5-7-11-27(22)31-32-28-12-8-6-10-23(28)14-30(55(47)50-20-36(3,4)21-51-55)34(32)53-39(52-33(29)31)26-16-24(37(40,41)42)15-25(17-26)38(43,44)45/h5-17H,18-21H2,1-4H3. The van der Waals surface area contributed by atoms with Crippen LogP contribution in [-0.4, -0.2) is 33.5 Å².